The molecular formula is C20H13N3O4. The topological polar surface area (TPSA) is 97.7 Å². The van der Waals surface area contributed by atoms with E-state index in [1.807, 2.05) is 36.4 Å². The summed E-state index contributed by atoms with van der Waals surface area (Å²) in [6.45, 7) is 0. The second kappa shape index (κ2) is 6.72. The molecule has 0 fully saturated rings. The van der Waals surface area contributed by atoms with Crippen molar-refractivity contribution in [2.75, 3.05) is 0 Å². The highest BCUT2D eigenvalue weighted by Crippen LogP contribution is 2.28. The van der Waals surface area contributed by atoms with Crippen molar-refractivity contribution in [3.63, 3.8) is 0 Å². The summed E-state index contributed by atoms with van der Waals surface area (Å²) in [5.41, 5.74) is 3.13. The molecule has 3 aromatic carbocycles. The fourth-order valence-electron chi connectivity index (χ4n) is 2.88. The Morgan fingerprint density at radius 1 is 1.04 bits per heavy atom. The number of benzene rings is 3. The van der Waals surface area contributed by atoms with Gasteiger partial charge in [-0.2, -0.15) is 5.10 Å². The average Bonchev–Trinajstić information content (AvgIpc) is 3.13. The lowest BCUT2D eigenvalue weighted by molar-refractivity contribution is -0.385. The van der Waals surface area contributed by atoms with Crippen molar-refractivity contribution < 1.29 is 14.1 Å². The minimum atomic E-state index is -0.537. The number of amides is 1. The third-order valence-electron chi connectivity index (χ3n) is 4.15. The number of nitrogens with zero attached hydrogens (tertiary/aromatic N) is 2. The first kappa shape index (κ1) is 16.5. The number of carbonyl (C=O) groups is 1. The van der Waals surface area contributed by atoms with Crippen LogP contribution in [-0.4, -0.2) is 17.0 Å². The number of furan rings is 1. The van der Waals surface area contributed by atoms with Crippen LogP contribution >= 0.6 is 0 Å². The summed E-state index contributed by atoms with van der Waals surface area (Å²) < 4.78 is 5.61. The second-order valence-corrected chi connectivity index (χ2v) is 5.82. The standard InChI is InChI=1S/C20H13N3O4/c24-20(22-21-12-14-6-2-4-8-17(14)23(25)26)19-11-16-15-7-3-1-5-13(15)9-10-18(16)27-19/h1-12H,(H,22,24)/b21-12-. The van der Waals surface area contributed by atoms with Gasteiger partial charge in [-0.3, -0.25) is 14.9 Å². The second-order valence-electron chi connectivity index (χ2n) is 5.82. The van der Waals surface area contributed by atoms with Gasteiger partial charge in [0.25, 0.3) is 5.69 Å². The minimum absolute atomic E-state index is 0.0919. The molecule has 0 aliphatic rings. The Balaban J connectivity index is 1.59. The first-order chi connectivity index (χ1) is 13.1. The maximum Gasteiger partial charge on any atom is 0.307 e. The first-order valence-corrected chi connectivity index (χ1v) is 8.11. The van der Waals surface area contributed by atoms with E-state index in [2.05, 4.69) is 10.5 Å². The summed E-state index contributed by atoms with van der Waals surface area (Å²) in [6, 6.07) is 19.3. The smallest absolute Gasteiger partial charge is 0.307 e. The van der Waals surface area contributed by atoms with E-state index in [-0.39, 0.29) is 11.4 Å². The lowest BCUT2D eigenvalue weighted by Crippen LogP contribution is -2.16. The Labute approximate surface area is 153 Å². The van der Waals surface area contributed by atoms with Crippen LogP contribution < -0.4 is 5.43 Å². The minimum Gasteiger partial charge on any atom is -0.451 e. The molecule has 7 heteroatoms. The van der Waals surface area contributed by atoms with Crippen LogP contribution in [0.2, 0.25) is 0 Å². The number of rotatable bonds is 4. The molecule has 0 aliphatic carbocycles. The molecule has 132 valence electrons. The molecule has 1 aromatic heterocycles. The molecule has 4 rings (SSSR count). The lowest BCUT2D eigenvalue weighted by atomic mass is 10.1. The Bertz CT molecular complexity index is 1210. The molecule has 0 atom stereocenters. The molecule has 0 radical (unpaired) electrons. The van der Waals surface area contributed by atoms with Crippen LogP contribution in [-0.2, 0) is 0 Å². The number of nitro benzene ring substituents is 1. The molecule has 7 nitrogen and oxygen atoms in total. The average molecular weight is 359 g/mol. The molecule has 1 N–H and O–H groups in total. The maximum absolute atomic E-state index is 12.3. The van der Waals surface area contributed by atoms with Gasteiger partial charge >= 0.3 is 5.91 Å². The third kappa shape index (κ3) is 3.13. The van der Waals surface area contributed by atoms with Gasteiger partial charge in [0.2, 0.25) is 0 Å². The highest BCUT2D eigenvalue weighted by atomic mass is 16.6. The van der Waals surface area contributed by atoms with Crippen LogP contribution in [0, 0.1) is 10.1 Å². The predicted molar refractivity (Wildman–Crippen MR) is 102 cm³/mol. The molecule has 0 saturated carbocycles. The summed E-state index contributed by atoms with van der Waals surface area (Å²) >= 11 is 0. The van der Waals surface area contributed by atoms with E-state index >= 15 is 0 Å². The van der Waals surface area contributed by atoms with Gasteiger partial charge in [-0.15, -0.1) is 0 Å². The lowest BCUT2D eigenvalue weighted by Gasteiger charge is -1.97. The van der Waals surface area contributed by atoms with E-state index < -0.39 is 10.8 Å². The first-order valence-electron chi connectivity index (χ1n) is 8.11. The number of hydrogen-bond acceptors (Lipinski definition) is 5. The SMILES string of the molecule is O=C(N/N=C\c1ccccc1[N+](=O)[O-])c1cc2c(ccc3ccccc32)o1. The van der Waals surface area contributed by atoms with Crippen molar-refractivity contribution in [1.82, 2.24) is 5.43 Å². The maximum atomic E-state index is 12.3. The molecule has 0 saturated heterocycles. The van der Waals surface area contributed by atoms with E-state index in [9.17, 15) is 14.9 Å². The van der Waals surface area contributed by atoms with Crippen LogP contribution in [0.1, 0.15) is 16.1 Å². The number of carbonyl (C=O) groups excluding carboxylic acids is 1. The van der Waals surface area contributed by atoms with Crippen LogP contribution in [0.25, 0.3) is 21.7 Å². The van der Waals surface area contributed by atoms with Crippen LogP contribution in [0.15, 0.2) is 76.2 Å². The Kier molecular flexibility index (Phi) is 4.10. The van der Waals surface area contributed by atoms with Gasteiger partial charge in [0.1, 0.15) is 5.58 Å². The van der Waals surface area contributed by atoms with Gasteiger partial charge in [-0.1, -0.05) is 42.5 Å². The Hall–Kier alpha value is -4.00. The molecule has 27 heavy (non-hydrogen) atoms. The highest BCUT2D eigenvalue weighted by Gasteiger charge is 2.14. The number of para-hydroxylation sites is 1. The molecule has 1 amide bonds. The van der Waals surface area contributed by atoms with Crippen molar-refractivity contribution in [3.05, 3.63) is 88.2 Å². The zero-order valence-electron chi connectivity index (χ0n) is 14.0. The fourth-order valence-corrected chi connectivity index (χ4v) is 2.88. The molecule has 0 spiro atoms. The Morgan fingerprint density at radius 2 is 1.81 bits per heavy atom. The summed E-state index contributed by atoms with van der Waals surface area (Å²) in [6.07, 6.45) is 1.23. The molecular weight excluding hydrogens is 346 g/mol. The number of fused-ring (bicyclic) bond motifs is 3. The van der Waals surface area contributed by atoms with Gasteiger partial charge in [0, 0.05) is 11.5 Å². The third-order valence-corrected chi connectivity index (χ3v) is 4.15. The summed E-state index contributed by atoms with van der Waals surface area (Å²) in [4.78, 5) is 22.8. The van der Waals surface area contributed by atoms with E-state index in [0.717, 1.165) is 16.2 Å². The van der Waals surface area contributed by atoms with Gasteiger partial charge < -0.3 is 4.42 Å². The molecule has 4 aromatic rings. The molecule has 0 bridgehead atoms. The van der Waals surface area contributed by atoms with E-state index in [1.165, 1.54) is 12.3 Å². The van der Waals surface area contributed by atoms with Crippen molar-refractivity contribution in [1.29, 1.82) is 0 Å². The molecule has 1 heterocycles. The zero-order valence-corrected chi connectivity index (χ0v) is 14.0. The van der Waals surface area contributed by atoms with Gasteiger partial charge in [0.05, 0.1) is 16.7 Å². The zero-order chi connectivity index (χ0) is 18.8. The van der Waals surface area contributed by atoms with Gasteiger partial charge in [-0.25, -0.2) is 5.43 Å². The van der Waals surface area contributed by atoms with Crippen molar-refractivity contribution >= 4 is 39.6 Å². The van der Waals surface area contributed by atoms with Crippen molar-refractivity contribution in [2.45, 2.75) is 0 Å². The summed E-state index contributed by atoms with van der Waals surface area (Å²) in [7, 11) is 0. The quantitative estimate of drug-likeness (QED) is 0.334. The van der Waals surface area contributed by atoms with Crippen molar-refractivity contribution in [3.8, 4) is 0 Å². The molecule has 0 unspecified atom stereocenters. The van der Waals surface area contributed by atoms with E-state index in [4.69, 9.17) is 4.42 Å². The number of nitrogens with one attached hydrogen (secondary N) is 1. The fraction of sp³-hybridized carbons (Fsp3) is 0. The normalized spacial score (nSPS) is 11.3. The predicted octanol–water partition coefficient (Wildman–Crippen LogP) is 4.26. The molecule has 0 aliphatic heterocycles. The van der Waals surface area contributed by atoms with E-state index in [0.29, 0.717) is 11.1 Å². The van der Waals surface area contributed by atoms with Crippen LogP contribution in [0.4, 0.5) is 5.69 Å². The summed E-state index contributed by atoms with van der Waals surface area (Å²) in [5.74, 6) is -0.425. The monoisotopic (exact) mass is 359 g/mol. The Morgan fingerprint density at radius 3 is 2.67 bits per heavy atom. The van der Waals surface area contributed by atoms with Gasteiger partial charge in [-0.05, 0) is 29.0 Å². The van der Waals surface area contributed by atoms with Crippen LogP contribution in [0.5, 0.6) is 0 Å². The highest BCUT2D eigenvalue weighted by molar-refractivity contribution is 6.08. The number of hydrogen-bond donors (Lipinski definition) is 1. The number of nitro groups is 1. The van der Waals surface area contributed by atoms with Crippen molar-refractivity contribution in [2.24, 2.45) is 5.10 Å². The van der Waals surface area contributed by atoms with Gasteiger partial charge in [0.15, 0.2) is 5.76 Å². The van der Waals surface area contributed by atoms with E-state index in [1.54, 1.807) is 24.3 Å². The van der Waals surface area contributed by atoms with Crippen LogP contribution in [0.3, 0.4) is 0 Å². The largest absolute Gasteiger partial charge is 0.451 e. The number of hydrazone groups is 1. The summed E-state index contributed by atoms with van der Waals surface area (Å²) in [5, 5.41) is 17.7.